The summed E-state index contributed by atoms with van der Waals surface area (Å²) in [7, 11) is 0. The van der Waals surface area contributed by atoms with Gasteiger partial charge in [-0.25, -0.2) is 4.79 Å². The standard InChI is InChI=1S/C19H32O7/c1-5-7-12-25-18(23)11-10-17(26-19(24)13(3)6-2)16(22)9-8-15(21)14(4)20/h6,8-9,14-17,20-22H,5,7,10-12H2,1-4H3/b9-8-,13-6+. The highest BCUT2D eigenvalue weighted by Gasteiger charge is 2.24. The van der Waals surface area contributed by atoms with E-state index in [0.717, 1.165) is 12.8 Å². The number of aliphatic hydroxyl groups is 3. The third-order valence-corrected chi connectivity index (χ3v) is 3.79. The van der Waals surface area contributed by atoms with Gasteiger partial charge >= 0.3 is 11.9 Å². The first-order valence-electron chi connectivity index (χ1n) is 8.94. The summed E-state index contributed by atoms with van der Waals surface area (Å²) in [5.41, 5.74) is 0.376. The third kappa shape index (κ3) is 10.3. The van der Waals surface area contributed by atoms with Crippen molar-refractivity contribution in [2.24, 2.45) is 0 Å². The lowest BCUT2D eigenvalue weighted by molar-refractivity contribution is -0.152. The van der Waals surface area contributed by atoms with Crippen LogP contribution in [0.4, 0.5) is 0 Å². The normalized spacial score (nSPS) is 16.8. The number of ether oxygens (including phenoxy) is 2. The van der Waals surface area contributed by atoms with Crippen molar-refractivity contribution < 1.29 is 34.4 Å². The van der Waals surface area contributed by atoms with Gasteiger partial charge in [0.25, 0.3) is 0 Å². The predicted octanol–water partition coefficient (Wildman–Crippen LogP) is 1.65. The molecule has 7 nitrogen and oxygen atoms in total. The summed E-state index contributed by atoms with van der Waals surface area (Å²) in [6.45, 7) is 6.99. The summed E-state index contributed by atoms with van der Waals surface area (Å²) in [5.74, 6) is -1.03. The lowest BCUT2D eigenvalue weighted by atomic mass is 10.1. The monoisotopic (exact) mass is 372 g/mol. The summed E-state index contributed by atoms with van der Waals surface area (Å²) < 4.78 is 10.3. The minimum Gasteiger partial charge on any atom is -0.466 e. The van der Waals surface area contributed by atoms with E-state index >= 15 is 0 Å². The zero-order valence-corrected chi connectivity index (χ0v) is 16.1. The van der Waals surface area contributed by atoms with Crippen molar-refractivity contribution in [2.75, 3.05) is 6.61 Å². The molecule has 0 spiro atoms. The Hall–Kier alpha value is -1.70. The Bertz CT molecular complexity index is 482. The molecule has 0 aromatic rings. The average Bonchev–Trinajstić information content (AvgIpc) is 2.61. The van der Waals surface area contributed by atoms with Crippen LogP contribution in [0.1, 0.15) is 53.4 Å². The molecule has 0 radical (unpaired) electrons. The number of esters is 2. The minimum absolute atomic E-state index is 0.0135. The molecule has 0 aromatic heterocycles. The quantitative estimate of drug-likeness (QED) is 0.207. The van der Waals surface area contributed by atoms with E-state index in [0.29, 0.717) is 12.2 Å². The van der Waals surface area contributed by atoms with Gasteiger partial charge in [0.15, 0.2) is 0 Å². The van der Waals surface area contributed by atoms with Crippen molar-refractivity contribution in [2.45, 2.75) is 77.8 Å². The van der Waals surface area contributed by atoms with Gasteiger partial charge in [-0.3, -0.25) is 4.79 Å². The van der Waals surface area contributed by atoms with Gasteiger partial charge in [0.1, 0.15) is 12.2 Å². The second-order valence-electron chi connectivity index (χ2n) is 6.13. The number of hydrogen-bond donors (Lipinski definition) is 3. The molecule has 0 saturated heterocycles. The highest BCUT2D eigenvalue weighted by Crippen LogP contribution is 2.13. The van der Waals surface area contributed by atoms with E-state index in [1.54, 1.807) is 19.9 Å². The first-order chi connectivity index (χ1) is 12.2. The van der Waals surface area contributed by atoms with Crippen molar-refractivity contribution in [3.05, 3.63) is 23.8 Å². The van der Waals surface area contributed by atoms with E-state index in [1.807, 2.05) is 6.92 Å². The Morgan fingerprint density at radius 1 is 1.12 bits per heavy atom. The van der Waals surface area contributed by atoms with E-state index in [2.05, 4.69) is 0 Å². The van der Waals surface area contributed by atoms with Crippen LogP contribution in [0.15, 0.2) is 23.8 Å². The van der Waals surface area contributed by atoms with Crippen LogP contribution in [-0.2, 0) is 19.1 Å². The highest BCUT2D eigenvalue weighted by atomic mass is 16.6. The van der Waals surface area contributed by atoms with Gasteiger partial charge in [-0.1, -0.05) is 31.6 Å². The maximum Gasteiger partial charge on any atom is 0.333 e. The molecule has 0 rings (SSSR count). The molecule has 26 heavy (non-hydrogen) atoms. The Kier molecular flexibility index (Phi) is 12.6. The maximum atomic E-state index is 12.0. The van der Waals surface area contributed by atoms with Crippen LogP contribution in [0.3, 0.4) is 0 Å². The molecule has 4 unspecified atom stereocenters. The van der Waals surface area contributed by atoms with Crippen LogP contribution in [0, 0.1) is 0 Å². The fraction of sp³-hybridized carbons (Fsp3) is 0.684. The number of aliphatic hydroxyl groups excluding tert-OH is 3. The molecule has 0 fully saturated rings. The number of hydrogen-bond acceptors (Lipinski definition) is 7. The van der Waals surface area contributed by atoms with Crippen LogP contribution >= 0.6 is 0 Å². The number of rotatable bonds is 12. The maximum absolute atomic E-state index is 12.0. The predicted molar refractivity (Wildman–Crippen MR) is 97.2 cm³/mol. The van der Waals surface area contributed by atoms with Crippen LogP contribution < -0.4 is 0 Å². The van der Waals surface area contributed by atoms with Gasteiger partial charge in [0.05, 0.1) is 18.8 Å². The van der Waals surface area contributed by atoms with Crippen molar-refractivity contribution >= 4 is 11.9 Å². The summed E-state index contributed by atoms with van der Waals surface area (Å²) in [5, 5.41) is 29.1. The molecule has 4 atom stereocenters. The van der Waals surface area contributed by atoms with Crippen LogP contribution in [0.5, 0.6) is 0 Å². The smallest absolute Gasteiger partial charge is 0.333 e. The molecule has 0 aliphatic heterocycles. The number of carbonyl (C=O) groups excluding carboxylic acids is 2. The lowest BCUT2D eigenvalue weighted by Crippen LogP contribution is -2.32. The van der Waals surface area contributed by atoms with Gasteiger partial charge < -0.3 is 24.8 Å². The first-order valence-corrected chi connectivity index (χ1v) is 8.94. The molecular formula is C19H32O7. The number of carbonyl (C=O) groups is 2. The Morgan fingerprint density at radius 2 is 1.73 bits per heavy atom. The molecule has 150 valence electrons. The summed E-state index contributed by atoms with van der Waals surface area (Å²) in [6, 6.07) is 0. The Morgan fingerprint density at radius 3 is 2.27 bits per heavy atom. The van der Waals surface area contributed by atoms with Gasteiger partial charge in [-0.2, -0.15) is 0 Å². The summed E-state index contributed by atoms with van der Waals surface area (Å²) in [6.07, 6.45) is 1.41. The molecule has 7 heteroatoms. The van der Waals surface area contributed by atoms with Gasteiger partial charge in [0, 0.05) is 12.0 Å². The Balaban J connectivity index is 4.88. The van der Waals surface area contributed by atoms with Crippen molar-refractivity contribution in [3.8, 4) is 0 Å². The molecule has 0 heterocycles. The van der Waals surface area contributed by atoms with E-state index in [9.17, 15) is 24.9 Å². The third-order valence-electron chi connectivity index (χ3n) is 3.79. The number of unbranched alkanes of at least 4 members (excludes halogenated alkanes) is 1. The Labute approximate surface area is 155 Å². The summed E-state index contributed by atoms with van der Waals surface area (Å²) in [4.78, 5) is 23.7. The topological polar surface area (TPSA) is 113 Å². The molecule has 0 aromatic carbocycles. The lowest BCUT2D eigenvalue weighted by Gasteiger charge is -2.21. The van der Waals surface area contributed by atoms with Crippen molar-refractivity contribution in [1.82, 2.24) is 0 Å². The van der Waals surface area contributed by atoms with E-state index in [1.165, 1.54) is 19.1 Å². The second kappa shape index (κ2) is 13.5. The molecule has 0 amide bonds. The van der Waals surface area contributed by atoms with Gasteiger partial charge in [-0.15, -0.1) is 0 Å². The van der Waals surface area contributed by atoms with Crippen molar-refractivity contribution in [1.29, 1.82) is 0 Å². The van der Waals surface area contributed by atoms with Crippen molar-refractivity contribution in [3.63, 3.8) is 0 Å². The average molecular weight is 372 g/mol. The molecule has 0 saturated carbocycles. The van der Waals surface area contributed by atoms with Gasteiger partial charge in [-0.05, 0) is 33.6 Å². The zero-order chi connectivity index (χ0) is 20.1. The van der Waals surface area contributed by atoms with E-state index in [-0.39, 0.29) is 12.8 Å². The molecule has 0 aliphatic carbocycles. The zero-order valence-electron chi connectivity index (χ0n) is 16.1. The second-order valence-corrected chi connectivity index (χ2v) is 6.13. The fourth-order valence-corrected chi connectivity index (χ4v) is 1.82. The highest BCUT2D eigenvalue weighted by molar-refractivity contribution is 5.87. The largest absolute Gasteiger partial charge is 0.466 e. The van der Waals surface area contributed by atoms with Gasteiger partial charge in [0.2, 0.25) is 0 Å². The fourth-order valence-electron chi connectivity index (χ4n) is 1.82. The first kappa shape index (κ1) is 24.3. The SMILES string of the molecule is C/C=C(\C)C(=O)OC(CCC(=O)OCCCC)C(O)/C=C\C(O)C(C)O. The molecule has 0 bridgehead atoms. The molecule has 0 aliphatic rings. The van der Waals surface area contributed by atoms with Crippen LogP contribution in [0.2, 0.25) is 0 Å². The molecule has 3 N–H and O–H groups in total. The minimum atomic E-state index is -1.24. The number of allylic oxidation sites excluding steroid dienone is 1. The van der Waals surface area contributed by atoms with Crippen LogP contribution in [0.25, 0.3) is 0 Å². The van der Waals surface area contributed by atoms with Crippen LogP contribution in [-0.4, -0.2) is 58.3 Å². The van der Waals surface area contributed by atoms with E-state index in [4.69, 9.17) is 9.47 Å². The summed E-state index contributed by atoms with van der Waals surface area (Å²) >= 11 is 0. The van der Waals surface area contributed by atoms with E-state index < -0.39 is 36.4 Å². The molecular weight excluding hydrogens is 340 g/mol.